The lowest BCUT2D eigenvalue weighted by Gasteiger charge is -2.50. The summed E-state index contributed by atoms with van der Waals surface area (Å²) in [5.41, 5.74) is 4.85. The summed E-state index contributed by atoms with van der Waals surface area (Å²) in [7, 11) is 3.68. The minimum absolute atomic E-state index is 0.00527. The summed E-state index contributed by atoms with van der Waals surface area (Å²) in [6.07, 6.45) is 2.17. The molecule has 1 N–H and O–H groups in total. The van der Waals surface area contributed by atoms with Crippen LogP contribution < -0.4 is 4.74 Å². The van der Waals surface area contributed by atoms with Crippen molar-refractivity contribution in [2.75, 3.05) is 33.4 Å². The third-order valence-corrected chi connectivity index (χ3v) is 9.11. The first-order valence-electron chi connectivity index (χ1n) is 14.4. The van der Waals surface area contributed by atoms with E-state index in [0.717, 1.165) is 46.3 Å². The number of rotatable bonds is 6. The number of methoxy groups -OCH3 is 1. The van der Waals surface area contributed by atoms with E-state index in [1.807, 2.05) is 89.6 Å². The van der Waals surface area contributed by atoms with Gasteiger partial charge in [0.1, 0.15) is 5.75 Å². The molecule has 7 heteroatoms. The SMILES string of the molecule is COc1ccc2c3c(n(C)c2c1)[C@@H](CO)N(C(=O)Cc1ccccc1)CC31CCN(C(=O)Cc2ccccc2)CC1. The molecule has 0 saturated carbocycles. The number of likely N-dealkylation sites (tertiary alicyclic amines) is 1. The molecule has 7 nitrogen and oxygen atoms in total. The van der Waals surface area contributed by atoms with Crippen molar-refractivity contribution in [3.05, 3.63) is 101 Å². The van der Waals surface area contributed by atoms with E-state index < -0.39 is 6.04 Å². The van der Waals surface area contributed by atoms with Crippen molar-refractivity contribution in [1.29, 1.82) is 0 Å². The number of aliphatic hydroxyl groups is 1. The van der Waals surface area contributed by atoms with Crippen molar-refractivity contribution >= 4 is 22.7 Å². The highest BCUT2D eigenvalue weighted by molar-refractivity contribution is 5.90. The van der Waals surface area contributed by atoms with Crippen LogP contribution in [0.2, 0.25) is 0 Å². The van der Waals surface area contributed by atoms with Crippen LogP contribution in [0.1, 0.15) is 41.3 Å². The van der Waals surface area contributed by atoms with Gasteiger partial charge in [-0.05, 0) is 41.7 Å². The lowest BCUT2D eigenvalue weighted by atomic mass is 9.68. The van der Waals surface area contributed by atoms with E-state index in [-0.39, 0.29) is 30.3 Å². The van der Waals surface area contributed by atoms with Crippen LogP contribution in [0.25, 0.3) is 10.9 Å². The predicted molar refractivity (Wildman–Crippen MR) is 159 cm³/mol. The Hall–Kier alpha value is -4.10. The van der Waals surface area contributed by atoms with Crippen LogP contribution in [-0.4, -0.2) is 64.6 Å². The van der Waals surface area contributed by atoms with Crippen molar-refractivity contribution in [2.24, 2.45) is 7.05 Å². The molecule has 0 aliphatic carbocycles. The first kappa shape index (κ1) is 27.1. The van der Waals surface area contributed by atoms with E-state index in [0.29, 0.717) is 26.1 Å². The second-order valence-corrected chi connectivity index (χ2v) is 11.4. The number of aliphatic hydroxyl groups excluding tert-OH is 1. The fourth-order valence-corrected chi connectivity index (χ4v) is 6.97. The van der Waals surface area contributed by atoms with Gasteiger partial charge in [-0.15, -0.1) is 0 Å². The number of fused-ring (bicyclic) bond motifs is 4. The van der Waals surface area contributed by atoms with Gasteiger partial charge >= 0.3 is 0 Å². The van der Waals surface area contributed by atoms with Gasteiger partial charge in [0.25, 0.3) is 0 Å². The van der Waals surface area contributed by atoms with Gasteiger partial charge < -0.3 is 24.2 Å². The number of aromatic nitrogens is 1. The number of hydrogen-bond donors (Lipinski definition) is 1. The predicted octanol–water partition coefficient (Wildman–Crippen LogP) is 4.41. The molecule has 1 fully saturated rings. The molecular formula is C34H37N3O4. The molecule has 1 spiro atoms. The molecule has 1 atom stereocenters. The van der Waals surface area contributed by atoms with Crippen LogP contribution >= 0.6 is 0 Å². The Bertz CT molecular complexity index is 1560. The van der Waals surface area contributed by atoms with Gasteiger partial charge in [-0.2, -0.15) is 0 Å². The van der Waals surface area contributed by atoms with Crippen molar-refractivity contribution in [3.63, 3.8) is 0 Å². The van der Waals surface area contributed by atoms with Crippen molar-refractivity contribution in [3.8, 4) is 5.75 Å². The fraction of sp³-hybridized carbons (Fsp3) is 0.353. The van der Waals surface area contributed by atoms with Crippen LogP contribution in [0.15, 0.2) is 78.9 Å². The molecule has 0 bridgehead atoms. The maximum atomic E-state index is 13.9. The molecule has 212 valence electrons. The molecule has 0 radical (unpaired) electrons. The average Bonchev–Trinajstić information content (AvgIpc) is 3.30. The van der Waals surface area contributed by atoms with Gasteiger partial charge in [-0.1, -0.05) is 60.7 Å². The summed E-state index contributed by atoms with van der Waals surface area (Å²) in [5.74, 6) is 0.907. The van der Waals surface area contributed by atoms with E-state index in [4.69, 9.17) is 4.74 Å². The third kappa shape index (κ3) is 4.88. The van der Waals surface area contributed by atoms with Crippen molar-refractivity contribution in [2.45, 2.75) is 37.1 Å². The topological polar surface area (TPSA) is 75.0 Å². The first-order valence-corrected chi connectivity index (χ1v) is 14.4. The molecule has 2 amide bonds. The Balaban J connectivity index is 1.38. The van der Waals surface area contributed by atoms with Gasteiger partial charge in [-0.3, -0.25) is 9.59 Å². The zero-order chi connectivity index (χ0) is 28.6. The standard InChI is InChI=1S/C34H37N3O4/c1-35-28-21-26(41-2)13-14-27(28)32-33(35)29(22-38)37(31(40)20-25-11-7-4-8-12-25)23-34(32)15-17-36(18-16-34)30(39)19-24-9-5-3-6-10-24/h3-14,21,29,38H,15-20,22-23H2,1-2H3/t29-/m1/s1. The Labute approximate surface area is 240 Å². The number of carbonyl (C=O) groups is 2. The monoisotopic (exact) mass is 551 g/mol. The normalized spacial score (nSPS) is 18.0. The highest BCUT2D eigenvalue weighted by atomic mass is 16.5. The largest absolute Gasteiger partial charge is 0.497 e. The number of hydrogen-bond acceptors (Lipinski definition) is 4. The maximum Gasteiger partial charge on any atom is 0.227 e. The second kappa shape index (κ2) is 11.1. The van der Waals surface area contributed by atoms with Crippen molar-refractivity contribution in [1.82, 2.24) is 14.4 Å². The van der Waals surface area contributed by atoms with E-state index >= 15 is 0 Å². The minimum atomic E-state index is -0.451. The number of piperidine rings is 1. The van der Waals surface area contributed by atoms with Gasteiger partial charge in [0, 0.05) is 49.2 Å². The molecule has 2 aliphatic heterocycles. The quantitative estimate of drug-likeness (QED) is 0.385. The lowest BCUT2D eigenvalue weighted by molar-refractivity contribution is -0.138. The van der Waals surface area contributed by atoms with E-state index in [1.54, 1.807) is 7.11 Å². The molecule has 1 aromatic heterocycles. The summed E-state index contributed by atoms with van der Waals surface area (Å²) in [4.78, 5) is 31.0. The highest BCUT2D eigenvalue weighted by Crippen LogP contribution is 2.50. The van der Waals surface area contributed by atoms with Gasteiger partial charge in [0.15, 0.2) is 0 Å². The van der Waals surface area contributed by atoms with Crippen molar-refractivity contribution < 1.29 is 19.4 Å². The van der Waals surface area contributed by atoms with E-state index in [9.17, 15) is 14.7 Å². The third-order valence-electron chi connectivity index (χ3n) is 9.11. The molecule has 3 aromatic carbocycles. The molecule has 0 unspecified atom stereocenters. The Morgan fingerprint density at radius 3 is 2.10 bits per heavy atom. The Morgan fingerprint density at radius 2 is 1.51 bits per heavy atom. The smallest absolute Gasteiger partial charge is 0.227 e. The molecule has 2 aliphatic rings. The Morgan fingerprint density at radius 1 is 0.902 bits per heavy atom. The van der Waals surface area contributed by atoms with Gasteiger partial charge in [-0.25, -0.2) is 0 Å². The molecule has 6 rings (SSSR count). The van der Waals surface area contributed by atoms with E-state index in [2.05, 4.69) is 10.6 Å². The highest BCUT2D eigenvalue weighted by Gasteiger charge is 2.49. The summed E-state index contributed by atoms with van der Waals surface area (Å²) >= 11 is 0. The van der Waals surface area contributed by atoms with Crippen LogP contribution in [0.5, 0.6) is 5.75 Å². The summed E-state index contributed by atoms with van der Waals surface area (Å²) < 4.78 is 7.67. The van der Waals surface area contributed by atoms with E-state index in [1.165, 1.54) is 5.56 Å². The fourth-order valence-electron chi connectivity index (χ4n) is 6.97. The number of carbonyl (C=O) groups excluding carboxylic acids is 2. The number of aryl methyl sites for hydroxylation is 1. The summed E-state index contributed by atoms with van der Waals surface area (Å²) in [5, 5.41) is 11.9. The second-order valence-electron chi connectivity index (χ2n) is 11.4. The average molecular weight is 552 g/mol. The van der Waals surface area contributed by atoms with Gasteiger partial charge in [0.2, 0.25) is 11.8 Å². The first-order chi connectivity index (χ1) is 19.9. The molecule has 4 aromatic rings. The Kier molecular flexibility index (Phi) is 7.30. The molecule has 41 heavy (non-hydrogen) atoms. The zero-order valence-electron chi connectivity index (χ0n) is 23.8. The number of amides is 2. The zero-order valence-corrected chi connectivity index (χ0v) is 23.8. The van der Waals surface area contributed by atoms with Crippen LogP contribution in [0, 0.1) is 0 Å². The summed E-state index contributed by atoms with van der Waals surface area (Å²) in [6.45, 7) is 1.61. The molecule has 3 heterocycles. The molecule has 1 saturated heterocycles. The number of nitrogens with zero attached hydrogens (tertiary/aromatic N) is 3. The minimum Gasteiger partial charge on any atom is -0.497 e. The number of benzene rings is 3. The van der Waals surface area contributed by atoms with Gasteiger partial charge in [0.05, 0.1) is 38.1 Å². The van der Waals surface area contributed by atoms with Crippen LogP contribution in [0.3, 0.4) is 0 Å². The lowest BCUT2D eigenvalue weighted by Crippen LogP contribution is -2.56. The maximum absolute atomic E-state index is 13.9. The molecular weight excluding hydrogens is 514 g/mol. The van der Waals surface area contributed by atoms with Crippen LogP contribution in [0.4, 0.5) is 0 Å². The van der Waals surface area contributed by atoms with Crippen LogP contribution in [-0.2, 0) is 34.9 Å². The number of ether oxygens (including phenoxy) is 1. The summed E-state index contributed by atoms with van der Waals surface area (Å²) in [6, 6.07) is 25.3.